The predicted octanol–water partition coefficient (Wildman–Crippen LogP) is 3.44. The molecule has 1 N–H and O–H groups in total. The molecule has 1 unspecified atom stereocenters. The monoisotopic (exact) mass is 253 g/mol. The van der Waals surface area contributed by atoms with Gasteiger partial charge in [0.15, 0.2) is 0 Å². The van der Waals surface area contributed by atoms with Gasteiger partial charge in [0.2, 0.25) is 0 Å². The quantitative estimate of drug-likeness (QED) is 0.646. The molecule has 5 heteroatoms. The highest BCUT2D eigenvalue weighted by Crippen LogP contribution is 2.22. The molecule has 1 rings (SSSR count). The Hall–Kier alpha value is -1.42. The van der Waals surface area contributed by atoms with E-state index >= 15 is 0 Å². The molecule has 17 heavy (non-hydrogen) atoms. The molecule has 1 heterocycles. The highest BCUT2D eigenvalue weighted by Gasteiger charge is 2.13. The highest BCUT2D eigenvalue weighted by atomic mass is 35.5. The minimum Gasteiger partial charge on any atom is -0.384 e. The normalized spacial score (nSPS) is 13.6. The van der Waals surface area contributed by atoms with Gasteiger partial charge in [0.05, 0.1) is 6.20 Å². The fourth-order valence-electron chi connectivity index (χ4n) is 1.49. The first-order valence-corrected chi connectivity index (χ1v) is 5.83. The number of allylic oxidation sites excluding steroid dienone is 1. The number of halogens is 1. The van der Waals surface area contributed by atoms with Gasteiger partial charge in [-0.05, 0) is 30.7 Å². The maximum Gasteiger partial charge on any atom is 0.129 e. The average molecular weight is 254 g/mol. The zero-order valence-electron chi connectivity index (χ0n) is 10.1. The third-order valence-electron chi connectivity index (χ3n) is 2.36. The lowest BCUT2D eigenvalue weighted by atomic mass is 9.99. The SMILES string of the molecule is CC(C)N/C(=C\N=O)C(C)c1ccc(Cl)nc1. The fraction of sp³-hybridized carbons (Fsp3) is 0.417. The molecule has 0 amide bonds. The van der Waals surface area contributed by atoms with Crippen molar-refractivity contribution in [3.8, 4) is 0 Å². The van der Waals surface area contributed by atoms with E-state index in [1.54, 1.807) is 12.3 Å². The summed E-state index contributed by atoms with van der Waals surface area (Å²) in [5, 5.41) is 6.49. The van der Waals surface area contributed by atoms with Gasteiger partial charge in [0.25, 0.3) is 0 Å². The zero-order chi connectivity index (χ0) is 12.8. The maximum atomic E-state index is 10.4. The third-order valence-corrected chi connectivity index (χ3v) is 2.59. The standard InChI is InChI=1S/C12H16ClN3O/c1-8(2)16-11(7-15-17)9(3)10-4-5-12(13)14-6-10/h4-9,16H,1-3H3/b11-7-. The van der Waals surface area contributed by atoms with E-state index in [9.17, 15) is 4.91 Å². The molecule has 0 saturated heterocycles. The fourth-order valence-corrected chi connectivity index (χ4v) is 1.60. The minimum absolute atomic E-state index is 0.0277. The predicted molar refractivity (Wildman–Crippen MR) is 69.8 cm³/mol. The number of nitrogens with zero attached hydrogens (tertiary/aromatic N) is 2. The second kappa shape index (κ2) is 6.35. The molecular weight excluding hydrogens is 238 g/mol. The van der Waals surface area contributed by atoms with Gasteiger partial charge in [-0.2, -0.15) is 0 Å². The van der Waals surface area contributed by atoms with Crippen molar-refractivity contribution in [1.29, 1.82) is 0 Å². The average Bonchev–Trinajstić information content (AvgIpc) is 2.28. The second-order valence-electron chi connectivity index (χ2n) is 4.12. The van der Waals surface area contributed by atoms with Gasteiger partial charge < -0.3 is 5.32 Å². The Bertz CT molecular complexity index is 401. The van der Waals surface area contributed by atoms with Crippen LogP contribution < -0.4 is 5.32 Å². The van der Waals surface area contributed by atoms with Crippen molar-refractivity contribution in [2.45, 2.75) is 32.7 Å². The molecule has 0 saturated carbocycles. The minimum atomic E-state index is 0.0277. The molecule has 1 atom stereocenters. The summed E-state index contributed by atoms with van der Waals surface area (Å²) in [6.07, 6.45) is 3.01. The first-order chi connectivity index (χ1) is 8.04. The lowest BCUT2D eigenvalue weighted by Crippen LogP contribution is -2.25. The van der Waals surface area contributed by atoms with Gasteiger partial charge in [0.1, 0.15) is 5.15 Å². The van der Waals surface area contributed by atoms with Crippen LogP contribution >= 0.6 is 11.6 Å². The summed E-state index contributed by atoms with van der Waals surface area (Å²) in [5.74, 6) is 0.0277. The van der Waals surface area contributed by atoms with E-state index in [1.165, 1.54) is 6.20 Å². The third kappa shape index (κ3) is 4.15. The summed E-state index contributed by atoms with van der Waals surface area (Å²) in [6, 6.07) is 3.86. The van der Waals surface area contributed by atoms with Crippen LogP contribution in [-0.2, 0) is 0 Å². The summed E-state index contributed by atoms with van der Waals surface area (Å²) in [4.78, 5) is 14.4. The summed E-state index contributed by atoms with van der Waals surface area (Å²) in [5.41, 5.74) is 1.76. The van der Waals surface area contributed by atoms with E-state index in [-0.39, 0.29) is 12.0 Å². The van der Waals surface area contributed by atoms with E-state index in [4.69, 9.17) is 11.6 Å². The number of hydrogen-bond acceptors (Lipinski definition) is 4. The molecule has 1 aromatic heterocycles. The van der Waals surface area contributed by atoms with Crippen LogP contribution in [0, 0.1) is 4.91 Å². The molecule has 0 fully saturated rings. The summed E-state index contributed by atoms with van der Waals surface area (Å²) in [6.45, 7) is 5.99. The zero-order valence-corrected chi connectivity index (χ0v) is 10.9. The summed E-state index contributed by atoms with van der Waals surface area (Å²) < 4.78 is 0. The molecule has 0 spiro atoms. The van der Waals surface area contributed by atoms with Crippen LogP contribution in [0.25, 0.3) is 0 Å². The number of aromatic nitrogens is 1. The number of nitrogens with one attached hydrogen (secondary N) is 1. The van der Waals surface area contributed by atoms with Gasteiger partial charge in [0, 0.05) is 23.9 Å². The number of pyridine rings is 1. The lowest BCUT2D eigenvalue weighted by Gasteiger charge is -2.19. The molecule has 92 valence electrons. The number of rotatable bonds is 5. The second-order valence-corrected chi connectivity index (χ2v) is 4.51. The van der Waals surface area contributed by atoms with Crippen LogP contribution in [-0.4, -0.2) is 11.0 Å². The first-order valence-electron chi connectivity index (χ1n) is 5.45. The molecule has 0 aliphatic carbocycles. The van der Waals surface area contributed by atoms with Crippen molar-refractivity contribution in [1.82, 2.24) is 10.3 Å². The van der Waals surface area contributed by atoms with Crippen LogP contribution in [0.5, 0.6) is 0 Å². The van der Waals surface area contributed by atoms with E-state index in [2.05, 4.69) is 15.5 Å². The smallest absolute Gasteiger partial charge is 0.129 e. The Kier molecular flexibility index (Phi) is 5.10. The van der Waals surface area contributed by atoms with Gasteiger partial charge >= 0.3 is 0 Å². The molecular formula is C12H16ClN3O. The Morgan fingerprint density at radius 3 is 2.65 bits per heavy atom. The molecule has 0 aliphatic rings. The van der Waals surface area contributed by atoms with E-state index in [0.29, 0.717) is 5.15 Å². The van der Waals surface area contributed by atoms with Crippen LogP contribution in [0.2, 0.25) is 5.15 Å². The molecule has 1 aromatic rings. The van der Waals surface area contributed by atoms with Crippen molar-refractivity contribution in [3.05, 3.63) is 45.9 Å². The maximum absolute atomic E-state index is 10.4. The summed E-state index contributed by atoms with van der Waals surface area (Å²) in [7, 11) is 0. The van der Waals surface area contributed by atoms with Crippen LogP contribution in [0.1, 0.15) is 32.3 Å². The van der Waals surface area contributed by atoms with Gasteiger partial charge in [-0.15, -0.1) is 4.91 Å². The van der Waals surface area contributed by atoms with Crippen LogP contribution in [0.15, 0.2) is 35.4 Å². The van der Waals surface area contributed by atoms with Gasteiger partial charge in [-0.1, -0.05) is 24.6 Å². The van der Waals surface area contributed by atoms with Crippen molar-refractivity contribution in [2.24, 2.45) is 5.18 Å². The van der Waals surface area contributed by atoms with Crippen LogP contribution in [0.3, 0.4) is 0 Å². The highest BCUT2D eigenvalue weighted by molar-refractivity contribution is 6.29. The van der Waals surface area contributed by atoms with E-state index in [1.807, 2.05) is 26.8 Å². The topological polar surface area (TPSA) is 54.4 Å². The van der Waals surface area contributed by atoms with Crippen molar-refractivity contribution in [3.63, 3.8) is 0 Å². The van der Waals surface area contributed by atoms with Crippen LogP contribution in [0.4, 0.5) is 0 Å². The molecule has 4 nitrogen and oxygen atoms in total. The largest absolute Gasteiger partial charge is 0.384 e. The summed E-state index contributed by atoms with van der Waals surface area (Å²) >= 11 is 5.73. The lowest BCUT2D eigenvalue weighted by molar-refractivity contribution is 0.621. The Labute approximate surface area is 106 Å². The Morgan fingerprint density at radius 2 is 2.18 bits per heavy atom. The molecule has 0 radical (unpaired) electrons. The van der Waals surface area contributed by atoms with E-state index in [0.717, 1.165) is 11.3 Å². The molecule has 0 aliphatic heterocycles. The Morgan fingerprint density at radius 1 is 1.47 bits per heavy atom. The van der Waals surface area contributed by atoms with Gasteiger partial charge in [-0.3, -0.25) is 0 Å². The first kappa shape index (κ1) is 13.6. The van der Waals surface area contributed by atoms with Crippen molar-refractivity contribution < 1.29 is 0 Å². The number of nitroso groups, excluding NO2 is 1. The van der Waals surface area contributed by atoms with Gasteiger partial charge in [-0.25, -0.2) is 4.98 Å². The molecule has 0 aromatic carbocycles. The number of hydrogen-bond donors (Lipinski definition) is 1. The van der Waals surface area contributed by atoms with E-state index < -0.39 is 0 Å². The van der Waals surface area contributed by atoms with Crippen molar-refractivity contribution >= 4 is 11.6 Å². The molecule has 0 bridgehead atoms. The van der Waals surface area contributed by atoms with Crippen molar-refractivity contribution in [2.75, 3.05) is 0 Å². The Balaban J connectivity index is 2.91.